The third kappa shape index (κ3) is 2.01. The summed E-state index contributed by atoms with van der Waals surface area (Å²) in [6.07, 6.45) is 2.69. The number of hydrogen-bond donors (Lipinski definition) is 0. The summed E-state index contributed by atoms with van der Waals surface area (Å²) in [5.74, 6) is -0.0543. The number of carbonyl (C=O) groups excluding carboxylic acids is 1. The highest BCUT2D eigenvalue weighted by molar-refractivity contribution is 9.10. The molecule has 0 atom stereocenters. The Morgan fingerprint density at radius 2 is 2.33 bits per heavy atom. The van der Waals surface area contributed by atoms with Crippen molar-refractivity contribution >= 4 is 32.9 Å². The van der Waals surface area contributed by atoms with Gasteiger partial charge in [-0.1, -0.05) is 0 Å². The van der Waals surface area contributed by atoms with Crippen LogP contribution in [0.1, 0.15) is 0 Å². The van der Waals surface area contributed by atoms with E-state index in [1.54, 1.807) is 6.20 Å². The second-order valence-corrected chi connectivity index (χ2v) is 5.31. The van der Waals surface area contributed by atoms with E-state index in [9.17, 15) is 9.18 Å². The van der Waals surface area contributed by atoms with Crippen LogP contribution < -0.4 is 0 Å². The first-order valence-corrected chi connectivity index (χ1v) is 6.45. The van der Waals surface area contributed by atoms with Gasteiger partial charge in [-0.3, -0.25) is 9.78 Å². The Hall–Kier alpha value is -1.43. The predicted octanol–water partition coefficient (Wildman–Crippen LogP) is 1.98. The Morgan fingerprint density at radius 1 is 1.56 bits per heavy atom. The smallest absolute Gasteiger partial charge is 0.242 e. The van der Waals surface area contributed by atoms with Gasteiger partial charge in [0.15, 0.2) is 0 Å². The summed E-state index contributed by atoms with van der Waals surface area (Å²) in [6.45, 7) is 0.675. The Labute approximate surface area is 112 Å². The van der Waals surface area contributed by atoms with Crippen LogP contribution in [0.3, 0.4) is 0 Å². The highest BCUT2D eigenvalue weighted by Gasteiger charge is 2.30. The number of halogens is 2. The number of hydrogen-bond acceptors (Lipinski definition) is 2. The molecule has 0 aliphatic carbocycles. The van der Waals surface area contributed by atoms with Crippen molar-refractivity contribution < 1.29 is 9.18 Å². The Kier molecular flexibility index (Phi) is 2.81. The molecule has 0 saturated carbocycles. The third-order valence-corrected chi connectivity index (χ3v) is 3.51. The molecule has 1 aliphatic rings. The van der Waals surface area contributed by atoms with Crippen LogP contribution in [-0.2, 0) is 11.3 Å². The van der Waals surface area contributed by atoms with Gasteiger partial charge in [0.05, 0.1) is 24.1 Å². The van der Waals surface area contributed by atoms with E-state index in [0.717, 1.165) is 15.5 Å². The number of pyridine rings is 1. The number of fused-ring (bicyclic) bond motifs is 1. The molecule has 3 rings (SSSR count). The van der Waals surface area contributed by atoms with Gasteiger partial charge in [-0.15, -0.1) is 0 Å². The van der Waals surface area contributed by atoms with Crippen molar-refractivity contribution in [3.05, 3.63) is 29.0 Å². The summed E-state index contributed by atoms with van der Waals surface area (Å²) < 4.78 is 15.4. The van der Waals surface area contributed by atoms with Crippen LogP contribution in [0.4, 0.5) is 4.39 Å². The van der Waals surface area contributed by atoms with Crippen molar-refractivity contribution in [1.29, 1.82) is 0 Å². The summed E-state index contributed by atoms with van der Waals surface area (Å²) in [5, 5.41) is 0. The zero-order chi connectivity index (χ0) is 12.7. The molecule has 0 spiro atoms. The molecule has 94 valence electrons. The number of amides is 1. The maximum Gasteiger partial charge on any atom is 0.242 e. The van der Waals surface area contributed by atoms with Crippen LogP contribution in [0.2, 0.25) is 0 Å². The maximum atomic E-state index is 12.7. The number of alkyl halides is 1. The highest BCUT2D eigenvalue weighted by atomic mass is 79.9. The van der Waals surface area contributed by atoms with Gasteiger partial charge < -0.3 is 9.47 Å². The fraction of sp³-hybridized carbons (Fsp3) is 0.333. The quantitative estimate of drug-likeness (QED) is 0.850. The first-order valence-electron chi connectivity index (χ1n) is 5.66. The number of nitrogens with zero attached hydrogens (tertiary/aromatic N) is 3. The van der Waals surface area contributed by atoms with Gasteiger partial charge in [0.2, 0.25) is 5.91 Å². The SMILES string of the molecule is O=C(Cn1ccc2ncc(Br)cc21)N1CC(F)C1. The average Bonchev–Trinajstić information content (AvgIpc) is 2.68. The van der Waals surface area contributed by atoms with Gasteiger partial charge in [-0.25, -0.2) is 4.39 Å². The zero-order valence-electron chi connectivity index (χ0n) is 9.51. The summed E-state index contributed by atoms with van der Waals surface area (Å²) in [5.41, 5.74) is 1.74. The van der Waals surface area contributed by atoms with Crippen LogP contribution in [0.5, 0.6) is 0 Å². The topological polar surface area (TPSA) is 38.1 Å². The van der Waals surface area contributed by atoms with Crippen LogP contribution in [0.15, 0.2) is 29.0 Å². The first-order chi connectivity index (χ1) is 8.63. The fourth-order valence-electron chi connectivity index (χ4n) is 2.05. The van der Waals surface area contributed by atoms with Gasteiger partial charge >= 0.3 is 0 Å². The molecule has 18 heavy (non-hydrogen) atoms. The molecule has 0 N–H and O–H groups in total. The molecular formula is C12H11BrFN3O. The molecule has 1 saturated heterocycles. The van der Waals surface area contributed by atoms with E-state index in [1.807, 2.05) is 22.9 Å². The molecule has 1 fully saturated rings. The second-order valence-electron chi connectivity index (χ2n) is 4.40. The lowest BCUT2D eigenvalue weighted by Gasteiger charge is -2.34. The van der Waals surface area contributed by atoms with Crippen molar-refractivity contribution in [3.63, 3.8) is 0 Å². The second kappa shape index (κ2) is 4.35. The van der Waals surface area contributed by atoms with Crippen molar-refractivity contribution in [2.45, 2.75) is 12.7 Å². The molecule has 2 aromatic rings. The van der Waals surface area contributed by atoms with E-state index in [-0.39, 0.29) is 25.5 Å². The molecule has 0 bridgehead atoms. The van der Waals surface area contributed by atoms with Crippen molar-refractivity contribution in [2.75, 3.05) is 13.1 Å². The van der Waals surface area contributed by atoms with E-state index in [4.69, 9.17) is 0 Å². The highest BCUT2D eigenvalue weighted by Crippen LogP contribution is 2.19. The molecule has 2 aromatic heterocycles. The van der Waals surface area contributed by atoms with Gasteiger partial charge in [-0.05, 0) is 28.1 Å². The van der Waals surface area contributed by atoms with Crippen LogP contribution in [0, 0.1) is 0 Å². The van der Waals surface area contributed by atoms with Gasteiger partial charge in [0.1, 0.15) is 12.7 Å². The van der Waals surface area contributed by atoms with E-state index >= 15 is 0 Å². The fourth-order valence-corrected chi connectivity index (χ4v) is 2.37. The molecule has 0 aromatic carbocycles. The van der Waals surface area contributed by atoms with E-state index < -0.39 is 6.17 Å². The average molecular weight is 312 g/mol. The molecular weight excluding hydrogens is 301 g/mol. The summed E-state index contributed by atoms with van der Waals surface area (Å²) in [6, 6.07) is 3.78. The summed E-state index contributed by atoms with van der Waals surface area (Å²) in [4.78, 5) is 17.6. The van der Waals surface area contributed by atoms with Crippen LogP contribution >= 0.6 is 15.9 Å². The van der Waals surface area contributed by atoms with Crippen molar-refractivity contribution in [1.82, 2.24) is 14.5 Å². The minimum Gasteiger partial charge on any atom is -0.337 e. The summed E-state index contributed by atoms with van der Waals surface area (Å²) >= 11 is 3.36. The molecule has 4 nitrogen and oxygen atoms in total. The lowest BCUT2D eigenvalue weighted by Crippen LogP contribution is -2.52. The number of aromatic nitrogens is 2. The monoisotopic (exact) mass is 311 g/mol. The molecule has 1 aliphatic heterocycles. The first kappa shape index (κ1) is 11.6. The molecule has 0 radical (unpaired) electrons. The summed E-state index contributed by atoms with van der Waals surface area (Å²) in [7, 11) is 0. The third-order valence-electron chi connectivity index (χ3n) is 3.08. The lowest BCUT2D eigenvalue weighted by atomic mass is 10.2. The molecule has 1 amide bonds. The largest absolute Gasteiger partial charge is 0.337 e. The standard InChI is InChI=1S/C12H11BrFN3O/c13-8-3-11-10(15-4-8)1-2-16(11)7-12(18)17-5-9(14)6-17/h1-4,9H,5-7H2. The zero-order valence-corrected chi connectivity index (χ0v) is 11.1. The van der Waals surface area contributed by atoms with E-state index in [1.165, 1.54) is 4.90 Å². The van der Waals surface area contributed by atoms with Crippen LogP contribution in [0.25, 0.3) is 11.0 Å². The number of likely N-dealkylation sites (tertiary alicyclic amines) is 1. The van der Waals surface area contributed by atoms with Gasteiger partial charge in [-0.2, -0.15) is 0 Å². The molecule has 0 unspecified atom stereocenters. The number of carbonyl (C=O) groups is 1. The molecule has 3 heterocycles. The number of rotatable bonds is 2. The normalized spacial score (nSPS) is 16.0. The Balaban J connectivity index is 1.82. The van der Waals surface area contributed by atoms with Gasteiger partial charge in [0.25, 0.3) is 0 Å². The minimum absolute atomic E-state index is 0.0543. The predicted molar refractivity (Wildman–Crippen MR) is 68.9 cm³/mol. The Bertz CT molecular complexity index is 606. The maximum absolute atomic E-state index is 12.7. The van der Waals surface area contributed by atoms with E-state index in [2.05, 4.69) is 20.9 Å². The van der Waals surface area contributed by atoms with Gasteiger partial charge in [0, 0.05) is 16.9 Å². The molecule has 6 heteroatoms. The van der Waals surface area contributed by atoms with E-state index in [0.29, 0.717) is 0 Å². The van der Waals surface area contributed by atoms with Crippen molar-refractivity contribution in [3.8, 4) is 0 Å². The van der Waals surface area contributed by atoms with Crippen LogP contribution in [-0.4, -0.2) is 39.6 Å². The minimum atomic E-state index is -0.855. The lowest BCUT2D eigenvalue weighted by molar-refractivity contribution is -0.138. The van der Waals surface area contributed by atoms with Crippen molar-refractivity contribution in [2.24, 2.45) is 0 Å². The Morgan fingerprint density at radius 3 is 3.06 bits per heavy atom.